The lowest BCUT2D eigenvalue weighted by molar-refractivity contribution is 0.582. The quantitative estimate of drug-likeness (QED) is 0.800. The van der Waals surface area contributed by atoms with Crippen LogP contribution in [0.2, 0.25) is 5.02 Å². The normalized spacial score (nSPS) is 13.0. The van der Waals surface area contributed by atoms with Crippen molar-refractivity contribution in [2.75, 3.05) is 7.05 Å². The predicted molar refractivity (Wildman–Crippen MR) is 55.5 cm³/mol. The van der Waals surface area contributed by atoms with Crippen LogP contribution in [-0.2, 0) is 7.05 Å². The van der Waals surface area contributed by atoms with Crippen molar-refractivity contribution in [3.05, 3.63) is 29.1 Å². The molecule has 80 valence electrons. The van der Waals surface area contributed by atoms with E-state index in [1.165, 1.54) is 6.33 Å². The fourth-order valence-electron chi connectivity index (χ4n) is 1.50. The Bertz CT molecular complexity index is 414. The topological polar surface area (TPSA) is 71.4 Å². The SMILES string of the molecule is CNC(c1ncn[nH]1)c1c(Cl)cnn1C. The molecule has 2 rings (SSSR count). The lowest BCUT2D eigenvalue weighted by Crippen LogP contribution is -2.22. The number of aryl methyl sites for hydroxylation is 1. The van der Waals surface area contributed by atoms with Crippen LogP contribution in [0.5, 0.6) is 0 Å². The van der Waals surface area contributed by atoms with Crippen molar-refractivity contribution in [3.63, 3.8) is 0 Å². The molecule has 0 fully saturated rings. The summed E-state index contributed by atoms with van der Waals surface area (Å²) in [6.45, 7) is 0. The number of rotatable bonds is 3. The fraction of sp³-hybridized carbons (Fsp3) is 0.375. The summed E-state index contributed by atoms with van der Waals surface area (Å²) in [5.74, 6) is 0.711. The van der Waals surface area contributed by atoms with Gasteiger partial charge in [-0.3, -0.25) is 9.78 Å². The molecule has 1 unspecified atom stereocenters. The summed E-state index contributed by atoms with van der Waals surface area (Å²) >= 11 is 6.05. The van der Waals surface area contributed by atoms with Gasteiger partial charge in [-0.25, -0.2) is 4.98 Å². The van der Waals surface area contributed by atoms with Crippen LogP contribution in [0.25, 0.3) is 0 Å². The summed E-state index contributed by atoms with van der Waals surface area (Å²) in [4.78, 5) is 4.10. The number of hydrogen-bond acceptors (Lipinski definition) is 4. The maximum absolute atomic E-state index is 6.05. The van der Waals surface area contributed by atoms with Crippen molar-refractivity contribution in [1.82, 2.24) is 30.3 Å². The summed E-state index contributed by atoms with van der Waals surface area (Å²) in [5, 5.41) is 14.4. The van der Waals surface area contributed by atoms with Crippen LogP contribution in [0.15, 0.2) is 12.5 Å². The van der Waals surface area contributed by atoms with Gasteiger partial charge in [0.2, 0.25) is 0 Å². The monoisotopic (exact) mass is 226 g/mol. The number of nitrogens with one attached hydrogen (secondary N) is 2. The highest BCUT2D eigenvalue weighted by Crippen LogP contribution is 2.24. The van der Waals surface area contributed by atoms with E-state index >= 15 is 0 Å². The highest BCUT2D eigenvalue weighted by atomic mass is 35.5. The molecule has 2 N–H and O–H groups in total. The molecule has 0 bridgehead atoms. The summed E-state index contributed by atoms with van der Waals surface area (Å²) in [7, 11) is 3.67. The molecule has 7 heteroatoms. The minimum atomic E-state index is -0.132. The predicted octanol–water partition coefficient (Wildman–Crippen LogP) is 0.500. The largest absolute Gasteiger partial charge is 0.305 e. The van der Waals surface area contributed by atoms with Crippen LogP contribution in [0, 0.1) is 0 Å². The van der Waals surface area contributed by atoms with Crippen molar-refractivity contribution in [3.8, 4) is 0 Å². The molecule has 1 atom stereocenters. The third kappa shape index (κ3) is 1.73. The number of nitrogens with zero attached hydrogens (tertiary/aromatic N) is 4. The molecule has 0 saturated heterocycles. The Morgan fingerprint density at radius 3 is 2.87 bits per heavy atom. The van der Waals surface area contributed by atoms with Gasteiger partial charge in [0.25, 0.3) is 0 Å². The maximum Gasteiger partial charge on any atom is 0.147 e. The van der Waals surface area contributed by atoms with Crippen LogP contribution in [0.3, 0.4) is 0 Å². The molecular weight excluding hydrogens is 216 g/mol. The third-order valence-corrected chi connectivity index (χ3v) is 2.50. The van der Waals surface area contributed by atoms with Gasteiger partial charge in [0.05, 0.1) is 16.9 Å². The van der Waals surface area contributed by atoms with E-state index in [0.29, 0.717) is 10.8 Å². The number of aromatic amines is 1. The zero-order valence-corrected chi connectivity index (χ0v) is 9.15. The smallest absolute Gasteiger partial charge is 0.147 e. The highest BCUT2D eigenvalue weighted by molar-refractivity contribution is 6.31. The number of H-pyrrole nitrogens is 1. The summed E-state index contributed by atoms with van der Waals surface area (Å²) in [6.07, 6.45) is 3.07. The molecule has 0 aliphatic heterocycles. The van der Waals surface area contributed by atoms with Gasteiger partial charge in [0.1, 0.15) is 18.2 Å². The van der Waals surface area contributed by atoms with E-state index in [9.17, 15) is 0 Å². The Hall–Kier alpha value is -1.40. The zero-order valence-electron chi connectivity index (χ0n) is 8.40. The molecule has 0 aliphatic carbocycles. The molecule has 6 nitrogen and oxygen atoms in total. The van der Waals surface area contributed by atoms with Gasteiger partial charge in [-0.05, 0) is 7.05 Å². The lowest BCUT2D eigenvalue weighted by atomic mass is 10.2. The fourth-order valence-corrected chi connectivity index (χ4v) is 1.78. The Morgan fingerprint density at radius 2 is 2.40 bits per heavy atom. The van der Waals surface area contributed by atoms with E-state index in [0.717, 1.165) is 5.69 Å². The zero-order chi connectivity index (χ0) is 10.8. The van der Waals surface area contributed by atoms with Crippen LogP contribution >= 0.6 is 11.6 Å². The molecular formula is C8H11ClN6. The van der Waals surface area contributed by atoms with E-state index in [1.54, 1.807) is 10.9 Å². The van der Waals surface area contributed by atoms with E-state index in [1.807, 2.05) is 14.1 Å². The van der Waals surface area contributed by atoms with E-state index in [2.05, 4.69) is 25.6 Å². The molecule has 0 aliphatic rings. The molecule has 0 spiro atoms. The standard InChI is InChI=1S/C8H11ClN6/c1-10-6(8-11-4-12-14-8)7-5(9)3-13-15(7)2/h3-4,6,10H,1-2H3,(H,11,12,14). The maximum atomic E-state index is 6.05. The van der Waals surface area contributed by atoms with Gasteiger partial charge in [-0.15, -0.1) is 0 Å². The summed E-state index contributed by atoms with van der Waals surface area (Å²) in [6, 6.07) is -0.132. The molecule has 2 aromatic rings. The summed E-state index contributed by atoms with van der Waals surface area (Å²) < 4.78 is 1.71. The molecule has 0 saturated carbocycles. The molecule has 2 aromatic heterocycles. The average molecular weight is 227 g/mol. The van der Waals surface area contributed by atoms with Crippen molar-refractivity contribution >= 4 is 11.6 Å². The van der Waals surface area contributed by atoms with Crippen LogP contribution in [-0.4, -0.2) is 32.0 Å². The second-order valence-corrected chi connectivity index (χ2v) is 3.50. The highest BCUT2D eigenvalue weighted by Gasteiger charge is 2.21. The minimum absolute atomic E-state index is 0.132. The molecule has 15 heavy (non-hydrogen) atoms. The van der Waals surface area contributed by atoms with Crippen molar-refractivity contribution < 1.29 is 0 Å². The number of hydrogen-bond donors (Lipinski definition) is 2. The molecule has 0 radical (unpaired) electrons. The van der Waals surface area contributed by atoms with Crippen LogP contribution < -0.4 is 5.32 Å². The van der Waals surface area contributed by atoms with Crippen LogP contribution in [0.4, 0.5) is 0 Å². The number of halogens is 1. The Morgan fingerprint density at radius 1 is 1.60 bits per heavy atom. The van der Waals surface area contributed by atoms with Crippen molar-refractivity contribution in [1.29, 1.82) is 0 Å². The van der Waals surface area contributed by atoms with Gasteiger partial charge in [-0.1, -0.05) is 11.6 Å². The Kier molecular flexibility index (Phi) is 2.70. The van der Waals surface area contributed by atoms with Crippen molar-refractivity contribution in [2.45, 2.75) is 6.04 Å². The third-order valence-electron chi connectivity index (χ3n) is 2.21. The molecule has 2 heterocycles. The second kappa shape index (κ2) is 4.00. The van der Waals surface area contributed by atoms with Gasteiger partial charge in [0.15, 0.2) is 0 Å². The summed E-state index contributed by atoms with van der Waals surface area (Å²) in [5.41, 5.74) is 0.857. The number of aromatic nitrogens is 5. The minimum Gasteiger partial charge on any atom is -0.305 e. The van der Waals surface area contributed by atoms with Gasteiger partial charge in [0, 0.05) is 7.05 Å². The van der Waals surface area contributed by atoms with Gasteiger partial charge in [-0.2, -0.15) is 10.2 Å². The molecule has 0 amide bonds. The first kappa shape index (κ1) is 10.1. The average Bonchev–Trinajstić information content (AvgIpc) is 2.83. The Balaban J connectivity index is 2.44. The van der Waals surface area contributed by atoms with E-state index in [-0.39, 0.29) is 6.04 Å². The van der Waals surface area contributed by atoms with Gasteiger partial charge >= 0.3 is 0 Å². The first-order valence-corrected chi connectivity index (χ1v) is 4.81. The van der Waals surface area contributed by atoms with E-state index < -0.39 is 0 Å². The molecule has 0 aromatic carbocycles. The van der Waals surface area contributed by atoms with E-state index in [4.69, 9.17) is 11.6 Å². The lowest BCUT2D eigenvalue weighted by Gasteiger charge is -2.13. The van der Waals surface area contributed by atoms with Crippen LogP contribution in [0.1, 0.15) is 17.6 Å². The van der Waals surface area contributed by atoms with Gasteiger partial charge < -0.3 is 5.32 Å². The first-order valence-electron chi connectivity index (χ1n) is 4.44. The second-order valence-electron chi connectivity index (χ2n) is 3.09. The first-order chi connectivity index (χ1) is 7.24. The van der Waals surface area contributed by atoms with Crippen molar-refractivity contribution in [2.24, 2.45) is 7.05 Å². The Labute approximate surface area is 91.7 Å².